The van der Waals surface area contributed by atoms with Crippen LogP contribution < -0.4 is 5.90 Å². The summed E-state index contributed by atoms with van der Waals surface area (Å²) in [6.45, 7) is 2.31. The van der Waals surface area contributed by atoms with Gasteiger partial charge in [0, 0.05) is 12.6 Å². The van der Waals surface area contributed by atoms with Crippen LogP contribution in [0.15, 0.2) is 0 Å². The minimum Gasteiger partial charge on any atom is -0.300 e. The van der Waals surface area contributed by atoms with Gasteiger partial charge in [0.25, 0.3) is 0 Å². The average Bonchev–Trinajstić information content (AvgIpc) is 2.58. The molecule has 2 rings (SSSR count). The highest BCUT2D eigenvalue weighted by atomic mass is 16.6. The minimum absolute atomic E-state index is 0.280. The maximum Gasteiger partial charge on any atom is 0.0914 e. The summed E-state index contributed by atoms with van der Waals surface area (Å²) in [5.74, 6) is 5.30. The third kappa shape index (κ3) is 3.16. The molecule has 2 N–H and O–H groups in total. The number of likely N-dealkylation sites (tertiary alicyclic amines) is 1. The molecule has 0 amide bonds. The number of hydrogen-bond donors (Lipinski definition) is 1. The second-order valence-electron chi connectivity index (χ2n) is 5.04. The number of hydrogen-bond acceptors (Lipinski definition) is 3. The van der Waals surface area contributed by atoms with E-state index in [0.717, 1.165) is 19.0 Å². The van der Waals surface area contributed by atoms with Crippen molar-refractivity contribution >= 4 is 0 Å². The zero-order valence-electron chi connectivity index (χ0n) is 9.66. The molecule has 2 fully saturated rings. The molecule has 0 bridgehead atoms. The van der Waals surface area contributed by atoms with E-state index >= 15 is 0 Å². The van der Waals surface area contributed by atoms with E-state index in [1.165, 1.54) is 51.5 Å². The maximum atomic E-state index is 5.30. The lowest BCUT2D eigenvalue weighted by Crippen LogP contribution is -2.46. The van der Waals surface area contributed by atoms with Gasteiger partial charge in [-0.05, 0) is 32.2 Å². The van der Waals surface area contributed by atoms with E-state index in [0.29, 0.717) is 0 Å². The molecule has 1 heterocycles. The van der Waals surface area contributed by atoms with E-state index < -0.39 is 0 Å². The van der Waals surface area contributed by atoms with Gasteiger partial charge in [-0.25, -0.2) is 5.90 Å². The first kappa shape index (κ1) is 11.4. The summed E-state index contributed by atoms with van der Waals surface area (Å²) in [7, 11) is 0. The molecular formula is C12H24N2O. The molecule has 0 radical (unpaired) electrons. The molecule has 3 heteroatoms. The molecule has 1 saturated carbocycles. The van der Waals surface area contributed by atoms with Gasteiger partial charge in [-0.3, -0.25) is 9.74 Å². The lowest BCUT2D eigenvalue weighted by molar-refractivity contribution is -0.0158. The first-order chi connectivity index (χ1) is 7.40. The van der Waals surface area contributed by atoms with Crippen LogP contribution in [0.5, 0.6) is 0 Å². The number of piperidine rings is 1. The van der Waals surface area contributed by atoms with E-state index in [1.807, 2.05) is 0 Å². The van der Waals surface area contributed by atoms with Gasteiger partial charge in [-0.2, -0.15) is 0 Å². The van der Waals surface area contributed by atoms with Gasteiger partial charge in [0.15, 0.2) is 0 Å². The van der Waals surface area contributed by atoms with Gasteiger partial charge >= 0.3 is 0 Å². The van der Waals surface area contributed by atoms with Crippen LogP contribution in [0.2, 0.25) is 0 Å². The lowest BCUT2D eigenvalue weighted by atomic mass is 10.0. The Kier molecular flexibility index (Phi) is 4.42. The van der Waals surface area contributed by atoms with Crippen LogP contribution >= 0.6 is 0 Å². The monoisotopic (exact) mass is 212 g/mol. The van der Waals surface area contributed by atoms with Crippen molar-refractivity contribution in [3.8, 4) is 0 Å². The van der Waals surface area contributed by atoms with Crippen LogP contribution in [0.25, 0.3) is 0 Å². The van der Waals surface area contributed by atoms with Crippen LogP contribution in [0, 0.1) is 0 Å². The molecule has 88 valence electrons. The largest absolute Gasteiger partial charge is 0.300 e. The molecular weight excluding hydrogens is 188 g/mol. The molecule has 1 unspecified atom stereocenters. The molecule has 3 nitrogen and oxygen atoms in total. The smallest absolute Gasteiger partial charge is 0.0914 e. The van der Waals surface area contributed by atoms with Gasteiger partial charge < -0.3 is 0 Å². The summed E-state index contributed by atoms with van der Waals surface area (Å²) >= 11 is 0. The fourth-order valence-corrected chi connectivity index (χ4v) is 3.03. The first-order valence-corrected chi connectivity index (χ1v) is 6.50. The molecule has 1 atom stereocenters. The van der Waals surface area contributed by atoms with Crippen LogP contribution in [-0.2, 0) is 4.84 Å². The number of nitrogens with zero attached hydrogens (tertiary/aromatic N) is 1. The second kappa shape index (κ2) is 5.83. The highest BCUT2D eigenvalue weighted by molar-refractivity contribution is 4.80. The standard InChI is InChI=1S/C12H24N2O/c13-15-12-8-5-9-14(10-12)11-6-3-1-2-4-7-11/h11-12H,1-10,13H2. The molecule has 1 aliphatic heterocycles. The highest BCUT2D eigenvalue weighted by Gasteiger charge is 2.26. The summed E-state index contributed by atoms with van der Waals surface area (Å²) in [5.41, 5.74) is 0. The lowest BCUT2D eigenvalue weighted by Gasteiger charge is -2.37. The van der Waals surface area contributed by atoms with Gasteiger partial charge in [-0.1, -0.05) is 25.7 Å². The molecule has 2 aliphatic rings. The SMILES string of the molecule is NOC1CCCN(C2CCCCCC2)C1. The Morgan fingerprint density at radius 3 is 2.33 bits per heavy atom. The predicted molar refractivity (Wildman–Crippen MR) is 61.4 cm³/mol. The Hall–Kier alpha value is -0.120. The first-order valence-electron chi connectivity index (χ1n) is 6.50. The Morgan fingerprint density at radius 2 is 1.67 bits per heavy atom. The Morgan fingerprint density at radius 1 is 0.933 bits per heavy atom. The van der Waals surface area contributed by atoms with Crippen molar-refractivity contribution in [1.29, 1.82) is 0 Å². The number of rotatable bonds is 2. The van der Waals surface area contributed by atoms with Crippen LogP contribution in [0.1, 0.15) is 51.4 Å². The third-order valence-corrected chi connectivity index (χ3v) is 3.94. The van der Waals surface area contributed by atoms with Crippen molar-refractivity contribution in [3.63, 3.8) is 0 Å². The van der Waals surface area contributed by atoms with Gasteiger partial charge in [0.2, 0.25) is 0 Å². The second-order valence-corrected chi connectivity index (χ2v) is 5.04. The quantitative estimate of drug-likeness (QED) is 0.562. The average molecular weight is 212 g/mol. The van der Waals surface area contributed by atoms with Gasteiger partial charge in [0.1, 0.15) is 0 Å². The zero-order chi connectivity index (χ0) is 10.5. The Labute approximate surface area is 92.9 Å². The van der Waals surface area contributed by atoms with Crippen molar-refractivity contribution in [2.24, 2.45) is 5.90 Å². The van der Waals surface area contributed by atoms with Crippen molar-refractivity contribution in [2.75, 3.05) is 13.1 Å². The normalized spacial score (nSPS) is 31.4. The molecule has 0 aromatic rings. The molecule has 0 spiro atoms. The highest BCUT2D eigenvalue weighted by Crippen LogP contribution is 2.24. The topological polar surface area (TPSA) is 38.5 Å². The van der Waals surface area contributed by atoms with Crippen LogP contribution in [0.4, 0.5) is 0 Å². The van der Waals surface area contributed by atoms with E-state index in [-0.39, 0.29) is 6.10 Å². The molecule has 0 aromatic heterocycles. The molecule has 15 heavy (non-hydrogen) atoms. The van der Waals surface area contributed by atoms with Crippen molar-refractivity contribution < 1.29 is 4.84 Å². The van der Waals surface area contributed by atoms with Crippen molar-refractivity contribution in [1.82, 2.24) is 4.90 Å². The summed E-state index contributed by atoms with van der Waals surface area (Å²) in [4.78, 5) is 7.62. The summed E-state index contributed by atoms with van der Waals surface area (Å²) in [6, 6.07) is 0.811. The Balaban J connectivity index is 1.84. The maximum absolute atomic E-state index is 5.30. The fourth-order valence-electron chi connectivity index (χ4n) is 3.03. The molecule has 1 aliphatic carbocycles. The third-order valence-electron chi connectivity index (χ3n) is 3.94. The molecule has 0 aromatic carbocycles. The van der Waals surface area contributed by atoms with E-state index in [4.69, 9.17) is 10.7 Å². The minimum atomic E-state index is 0.280. The molecule has 1 saturated heterocycles. The van der Waals surface area contributed by atoms with Crippen LogP contribution in [0.3, 0.4) is 0 Å². The number of nitrogens with two attached hydrogens (primary N) is 1. The summed E-state index contributed by atoms with van der Waals surface area (Å²) in [5, 5.41) is 0. The Bertz CT molecular complexity index is 178. The summed E-state index contributed by atoms with van der Waals surface area (Å²) in [6.07, 6.45) is 11.1. The van der Waals surface area contributed by atoms with E-state index in [2.05, 4.69) is 4.90 Å². The fraction of sp³-hybridized carbons (Fsp3) is 1.00. The van der Waals surface area contributed by atoms with E-state index in [9.17, 15) is 0 Å². The summed E-state index contributed by atoms with van der Waals surface area (Å²) < 4.78 is 0. The zero-order valence-corrected chi connectivity index (χ0v) is 9.66. The van der Waals surface area contributed by atoms with Crippen molar-refractivity contribution in [2.45, 2.75) is 63.5 Å². The van der Waals surface area contributed by atoms with Gasteiger partial charge in [-0.15, -0.1) is 0 Å². The van der Waals surface area contributed by atoms with Crippen molar-refractivity contribution in [3.05, 3.63) is 0 Å². The van der Waals surface area contributed by atoms with Crippen LogP contribution in [-0.4, -0.2) is 30.1 Å². The van der Waals surface area contributed by atoms with Gasteiger partial charge in [0.05, 0.1) is 6.10 Å². The van der Waals surface area contributed by atoms with E-state index in [1.54, 1.807) is 0 Å². The predicted octanol–water partition coefficient (Wildman–Crippen LogP) is 2.06.